The Morgan fingerprint density at radius 3 is 2.89 bits per heavy atom. The van der Waals surface area contributed by atoms with Crippen molar-refractivity contribution in [1.29, 1.82) is 0 Å². The van der Waals surface area contributed by atoms with Gasteiger partial charge in [0.25, 0.3) is 11.5 Å². The lowest BCUT2D eigenvalue weighted by Crippen LogP contribution is -2.48. The molecule has 1 unspecified atom stereocenters. The first-order valence-corrected chi connectivity index (χ1v) is 9.29. The van der Waals surface area contributed by atoms with E-state index in [1.807, 2.05) is 6.92 Å². The lowest BCUT2D eigenvalue weighted by atomic mass is 10.0. The number of amides is 1. The maximum Gasteiger partial charge on any atom is 0.267 e. The molecule has 1 amide bonds. The summed E-state index contributed by atoms with van der Waals surface area (Å²) in [6.07, 6.45) is 3.20. The Labute approximate surface area is 157 Å². The van der Waals surface area contributed by atoms with Crippen molar-refractivity contribution in [2.75, 3.05) is 19.6 Å². The summed E-state index contributed by atoms with van der Waals surface area (Å²) in [6.45, 7) is 4.54. The van der Waals surface area contributed by atoms with Crippen LogP contribution < -0.4 is 16.4 Å². The second-order valence-corrected chi connectivity index (χ2v) is 6.86. The Balaban J connectivity index is 1.58. The van der Waals surface area contributed by atoms with Crippen LogP contribution >= 0.6 is 0 Å². The van der Waals surface area contributed by atoms with Gasteiger partial charge in [-0.05, 0) is 38.4 Å². The number of aromatic nitrogens is 3. The van der Waals surface area contributed by atoms with Crippen molar-refractivity contribution in [3.8, 4) is 0 Å². The number of carbonyl (C=O) groups is 1. The van der Waals surface area contributed by atoms with Gasteiger partial charge < -0.3 is 10.3 Å². The monoisotopic (exact) mass is 371 g/mol. The zero-order valence-corrected chi connectivity index (χ0v) is 15.5. The van der Waals surface area contributed by atoms with E-state index in [0.717, 1.165) is 31.5 Å². The summed E-state index contributed by atoms with van der Waals surface area (Å²) in [5.41, 5.74) is 0.683. The van der Waals surface area contributed by atoms with Crippen LogP contribution in [0.1, 0.15) is 35.4 Å². The fourth-order valence-electron chi connectivity index (χ4n) is 3.41. The van der Waals surface area contributed by atoms with Gasteiger partial charge in [-0.2, -0.15) is 5.10 Å². The van der Waals surface area contributed by atoms with Gasteiger partial charge in [-0.15, -0.1) is 0 Å². The predicted molar refractivity (Wildman–Crippen MR) is 102 cm³/mol. The van der Waals surface area contributed by atoms with Crippen LogP contribution in [0.25, 0.3) is 0 Å². The molecule has 1 aliphatic heterocycles. The second kappa shape index (κ2) is 8.77. The van der Waals surface area contributed by atoms with Crippen LogP contribution in [0.3, 0.4) is 0 Å². The van der Waals surface area contributed by atoms with Gasteiger partial charge in [0.1, 0.15) is 5.69 Å². The van der Waals surface area contributed by atoms with Crippen LogP contribution in [-0.4, -0.2) is 51.2 Å². The van der Waals surface area contributed by atoms with E-state index in [0.29, 0.717) is 19.6 Å². The highest BCUT2D eigenvalue weighted by molar-refractivity contribution is 5.92. The van der Waals surface area contributed by atoms with Crippen molar-refractivity contribution in [2.45, 2.75) is 38.8 Å². The summed E-state index contributed by atoms with van der Waals surface area (Å²) in [7, 11) is 0. The van der Waals surface area contributed by atoms with Gasteiger partial charge in [0.05, 0.1) is 12.2 Å². The van der Waals surface area contributed by atoms with E-state index < -0.39 is 0 Å². The van der Waals surface area contributed by atoms with E-state index in [-0.39, 0.29) is 28.8 Å². The van der Waals surface area contributed by atoms with Gasteiger partial charge in [-0.3, -0.25) is 19.3 Å². The molecule has 1 aliphatic rings. The van der Waals surface area contributed by atoms with E-state index in [4.69, 9.17) is 0 Å². The summed E-state index contributed by atoms with van der Waals surface area (Å²) in [6, 6.07) is 7.99. The number of nitrogens with one attached hydrogen (secondary N) is 2. The van der Waals surface area contributed by atoms with Gasteiger partial charge in [0.2, 0.25) is 5.56 Å². The molecule has 0 aliphatic carbocycles. The summed E-state index contributed by atoms with van der Waals surface area (Å²) >= 11 is 0. The summed E-state index contributed by atoms with van der Waals surface area (Å²) in [5.74, 6) is -0.283. The van der Waals surface area contributed by atoms with Crippen molar-refractivity contribution in [3.63, 3.8) is 0 Å². The molecule has 1 atom stereocenters. The molecule has 0 saturated carbocycles. The first kappa shape index (κ1) is 19.0. The number of aryl methyl sites for hydroxylation is 1. The van der Waals surface area contributed by atoms with Gasteiger partial charge in [-0.1, -0.05) is 12.5 Å². The lowest BCUT2D eigenvalue weighted by Gasteiger charge is -2.35. The van der Waals surface area contributed by atoms with Crippen LogP contribution in [-0.2, 0) is 6.54 Å². The third-order valence-corrected chi connectivity index (χ3v) is 4.86. The van der Waals surface area contributed by atoms with Crippen molar-refractivity contribution >= 4 is 5.91 Å². The first-order chi connectivity index (χ1) is 13.0. The summed E-state index contributed by atoms with van der Waals surface area (Å²) in [4.78, 5) is 40.4. The minimum atomic E-state index is -0.293. The van der Waals surface area contributed by atoms with Crippen molar-refractivity contribution in [3.05, 3.63) is 62.4 Å². The number of hydrogen-bond acceptors (Lipinski definition) is 5. The molecule has 1 saturated heterocycles. The largest absolute Gasteiger partial charge is 0.349 e. The Bertz CT molecular complexity index is 904. The van der Waals surface area contributed by atoms with Gasteiger partial charge in [0.15, 0.2) is 0 Å². The van der Waals surface area contributed by atoms with Crippen molar-refractivity contribution < 1.29 is 4.79 Å². The van der Waals surface area contributed by atoms with Crippen molar-refractivity contribution in [1.82, 2.24) is 25.0 Å². The molecule has 0 bridgehead atoms. The molecular weight excluding hydrogens is 346 g/mol. The highest BCUT2D eigenvalue weighted by atomic mass is 16.2. The lowest BCUT2D eigenvalue weighted by molar-refractivity contribution is 0.0904. The highest BCUT2D eigenvalue weighted by Gasteiger charge is 2.23. The Morgan fingerprint density at radius 2 is 2.07 bits per heavy atom. The smallest absolute Gasteiger partial charge is 0.267 e. The first-order valence-electron chi connectivity index (χ1n) is 9.29. The SMILES string of the molecule is Cc1ccc(=O)n(CCN2CCCCC2CNC(=O)c2cccc(=O)[nH]2)n1. The maximum absolute atomic E-state index is 12.3. The van der Waals surface area contributed by atoms with E-state index in [1.54, 1.807) is 18.2 Å². The number of piperidine rings is 1. The fraction of sp³-hybridized carbons (Fsp3) is 0.474. The number of nitrogens with zero attached hydrogens (tertiary/aromatic N) is 3. The molecule has 0 aromatic carbocycles. The number of likely N-dealkylation sites (tertiary alicyclic amines) is 1. The van der Waals surface area contributed by atoms with E-state index in [9.17, 15) is 14.4 Å². The molecule has 3 heterocycles. The molecule has 0 spiro atoms. The third-order valence-electron chi connectivity index (χ3n) is 4.86. The van der Waals surface area contributed by atoms with Crippen LogP contribution in [0.15, 0.2) is 39.9 Å². The molecule has 2 aromatic rings. The van der Waals surface area contributed by atoms with Crippen LogP contribution in [0, 0.1) is 6.92 Å². The third kappa shape index (κ3) is 5.13. The zero-order valence-electron chi connectivity index (χ0n) is 15.5. The maximum atomic E-state index is 12.3. The Hall–Kier alpha value is -2.74. The molecule has 2 N–H and O–H groups in total. The molecule has 3 rings (SSSR count). The van der Waals surface area contributed by atoms with E-state index in [1.165, 1.54) is 16.8 Å². The van der Waals surface area contributed by atoms with Crippen LogP contribution in [0.2, 0.25) is 0 Å². The number of H-pyrrole nitrogens is 1. The topological polar surface area (TPSA) is 100 Å². The number of carbonyl (C=O) groups excluding carboxylic acids is 1. The number of pyridine rings is 1. The van der Waals surface area contributed by atoms with Crippen LogP contribution in [0.4, 0.5) is 0 Å². The normalized spacial score (nSPS) is 17.6. The standard InChI is InChI=1S/C19H25N5O3/c1-14-8-9-18(26)24(22-14)12-11-23-10-3-2-5-15(23)13-20-19(27)16-6-4-7-17(25)21-16/h4,6-9,15H,2-3,5,10-13H2,1H3,(H,20,27)(H,21,25). The van der Waals surface area contributed by atoms with Gasteiger partial charge in [0, 0.05) is 31.3 Å². The minimum absolute atomic E-state index is 0.101. The van der Waals surface area contributed by atoms with Gasteiger partial charge in [-0.25, -0.2) is 4.68 Å². The molecule has 2 aromatic heterocycles. The van der Waals surface area contributed by atoms with E-state index >= 15 is 0 Å². The number of aromatic amines is 1. The quantitative estimate of drug-likeness (QED) is 0.771. The zero-order chi connectivity index (χ0) is 19.2. The second-order valence-electron chi connectivity index (χ2n) is 6.86. The van der Waals surface area contributed by atoms with E-state index in [2.05, 4.69) is 20.3 Å². The molecular formula is C19H25N5O3. The highest BCUT2D eigenvalue weighted by Crippen LogP contribution is 2.16. The molecule has 1 fully saturated rings. The van der Waals surface area contributed by atoms with Gasteiger partial charge >= 0.3 is 0 Å². The molecule has 8 heteroatoms. The fourth-order valence-corrected chi connectivity index (χ4v) is 3.41. The summed E-state index contributed by atoms with van der Waals surface area (Å²) in [5, 5.41) is 7.19. The molecule has 144 valence electrons. The Kier molecular flexibility index (Phi) is 6.18. The predicted octanol–water partition coefficient (Wildman–Crippen LogP) is 0.525. The average Bonchev–Trinajstić information content (AvgIpc) is 2.67. The molecule has 27 heavy (non-hydrogen) atoms. The number of rotatable bonds is 6. The minimum Gasteiger partial charge on any atom is -0.349 e. The number of hydrogen-bond donors (Lipinski definition) is 2. The molecule has 8 nitrogen and oxygen atoms in total. The Morgan fingerprint density at radius 1 is 1.22 bits per heavy atom. The van der Waals surface area contributed by atoms with Crippen molar-refractivity contribution in [2.24, 2.45) is 0 Å². The average molecular weight is 371 g/mol. The molecule has 0 radical (unpaired) electrons. The van der Waals surface area contributed by atoms with Crippen LogP contribution in [0.5, 0.6) is 0 Å². The summed E-state index contributed by atoms with van der Waals surface area (Å²) < 4.78 is 1.49.